The number of hydrogen-bond donors (Lipinski definition) is 1. The molecule has 0 saturated carbocycles. The van der Waals surface area contributed by atoms with E-state index < -0.39 is 5.60 Å². The first-order valence-electron chi connectivity index (χ1n) is 6.41. The van der Waals surface area contributed by atoms with Gasteiger partial charge in [-0.2, -0.15) is 0 Å². The lowest BCUT2D eigenvalue weighted by Gasteiger charge is -2.33. The minimum atomic E-state index is -0.442. The third kappa shape index (κ3) is 3.42. The normalized spacial score (nSPS) is 34.7. The topological polar surface area (TPSA) is 30.0 Å². The van der Waals surface area contributed by atoms with Crippen molar-refractivity contribution in [1.82, 2.24) is 14.7 Å². The smallest absolute Gasteiger partial charge is 0.0758 e. The summed E-state index contributed by atoms with van der Waals surface area (Å²) in [6.07, 6.45) is 0.926. The minimum Gasteiger partial charge on any atom is -0.389 e. The van der Waals surface area contributed by atoms with Gasteiger partial charge in [0, 0.05) is 52.4 Å². The van der Waals surface area contributed by atoms with Gasteiger partial charge in [0.25, 0.3) is 0 Å². The molecule has 2 aliphatic heterocycles. The molecular weight excluding hydrogens is 202 g/mol. The Morgan fingerprint density at radius 3 is 2.19 bits per heavy atom. The predicted octanol–water partition coefficient (Wildman–Crippen LogP) is -0.309. The molecule has 0 bridgehead atoms. The lowest BCUT2D eigenvalue weighted by Crippen LogP contribution is -2.47. The summed E-state index contributed by atoms with van der Waals surface area (Å²) in [5, 5.41) is 9.87. The van der Waals surface area contributed by atoms with E-state index in [-0.39, 0.29) is 0 Å². The summed E-state index contributed by atoms with van der Waals surface area (Å²) >= 11 is 0. The summed E-state index contributed by atoms with van der Waals surface area (Å²) in [7, 11) is 2.19. The highest BCUT2D eigenvalue weighted by Crippen LogP contribution is 2.19. The van der Waals surface area contributed by atoms with Gasteiger partial charge in [-0.15, -0.1) is 0 Å². The Morgan fingerprint density at radius 1 is 1.00 bits per heavy atom. The molecule has 0 aromatic heterocycles. The van der Waals surface area contributed by atoms with Crippen LogP contribution in [0.1, 0.15) is 13.3 Å². The number of likely N-dealkylation sites (tertiary alicyclic amines) is 1. The van der Waals surface area contributed by atoms with Crippen LogP contribution in [0.4, 0.5) is 0 Å². The molecule has 2 rings (SSSR count). The molecule has 4 nitrogen and oxygen atoms in total. The van der Waals surface area contributed by atoms with Gasteiger partial charge < -0.3 is 10.0 Å². The average Bonchev–Trinajstić information content (AvgIpc) is 2.58. The molecular formula is C12H25N3O. The number of rotatable bonds is 3. The van der Waals surface area contributed by atoms with Gasteiger partial charge in [-0.1, -0.05) is 0 Å². The first-order chi connectivity index (χ1) is 7.55. The SMILES string of the molecule is CN1CCN(CCN2CCC(C)(O)C2)CC1. The van der Waals surface area contributed by atoms with E-state index in [1.807, 2.05) is 6.92 Å². The van der Waals surface area contributed by atoms with E-state index >= 15 is 0 Å². The fourth-order valence-electron chi connectivity index (χ4n) is 2.58. The predicted molar refractivity (Wildman–Crippen MR) is 65.6 cm³/mol. The highest BCUT2D eigenvalue weighted by atomic mass is 16.3. The quantitative estimate of drug-likeness (QED) is 0.716. The van der Waals surface area contributed by atoms with Crippen LogP contribution in [-0.2, 0) is 0 Å². The largest absolute Gasteiger partial charge is 0.389 e. The molecule has 0 amide bonds. The Hall–Kier alpha value is -0.160. The van der Waals surface area contributed by atoms with Crippen LogP contribution in [0.3, 0.4) is 0 Å². The van der Waals surface area contributed by atoms with Crippen LogP contribution in [-0.4, -0.2) is 84.8 Å². The van der Waals surface area contributed by atoms with Crippen molar-refractivity contribution in [2.24, 2.45) is 0 Å². The number of β-amino-alcohol motifs (C(OH)–C–C–N with tert-alkyl or cyclic N) is 1. The second-order valence-corrected chi connectivity index (χ2v) is 5.67. The maximum Gasteiger partial charge on any atom is 0.0758 e. The fraction of sp³-hybridized carbons (Fsp3) is 1.00. The Labute approximate surface area is 98.8 Å². The molecule has 0 radical (unpaired) electrons. The Balaban J connectivity index is 1.65. The van der Waals surface area contributed by atoms with Crippen molar-refractivity contribution in [1.29, 1.82) is 0 Å². The first-order valence-corrected chi connectivity index (χ1v) is 6.41. The molecule has 1 atom stereocenters. The summed E-state index contributed by atoms with van der Waals surface area (Å²) in [6.45, 7) is 10.9. The molecule has 1 N–H and O–H groups in total. The highest BCUT2D eigenvalue weighted by Gasteiger charge is 2.31. The molecule has 2 fully saturated rings. The molecule has 16 heavy (non-hydrogen) atoms. The van der Waals surface area contributed by atoms with Crippen LogP contribution in [0.25, 0.3) is 0 Å². The van der Waals surface area contributed by atoms with Crippen molar-refractivity contribution in [2.75, 3.05) is 59.4 Å². The summed E-state index contributed by atoms with van der Waals surface area (Å²) in [5.74, 6) is 0. The molecule has 0 spiro atoms. The molecule has 0 aliphatic carbocycles. The number of aliphatic hydroxyl groups is 1. The van der Waals surface area contributed by atoms with Gasteiger partial charge in [-0.3, -0.25) is 9.80 Å². The van der Waals surface area contributed by atoms with Gasteiger partial charge in [0.05, 0.1) is 5.60 Å². The van der Waals surface area contributed by atoms with Gasteiger partial charge >= 0.3 is 0 Å². The van der Waals surface area contributed by atoms with Gasteiger partial charge in [0.1, 0.15) is 0 Å². The van der Waals surface area contributed by atoms with Crippen molar-refractivity contribution in [3.8, 4) is 0 Å². The van der Waals surface area contributed by atoms with Crippen LogP contribution in [0.2, 0.25) is 0 Å². The van der Waals surface area contributed by atoms with Crippen LogP contribution < -0.4 is 0 Å². The lowest BCUT2D eigenvalue weighted by atomic mass is 10.1. The molecule has 0 aromatic carbocycles. The van der Waals surface area contributed by atoms with Crippen molar-refractivity contribution in [3.63, 3.8) is 0 Å². The highest BCUT2D eigenvalue weighted by molar-refractivity contribution is 4.86. The van der Waals surface area contributed by atoms with Crippen molar-refractivity contribution in [2.45, 2.75) is 18.9 Å². The van der Waals surface area contributed by atoms with Crippen molar-refractivity contribution in [3.05, 3.63) is 0 Å². The fourth-order valence-corrected chi connectivity index (χ4v) is 2.58. The summed E-state index contributed by atoms with van der Waals surface area (Å²) in [6, 6.07) is 0. The zero-order valence-corrected chi connectivity index (χ0v) is 10.7. The van der Waals surface area contributed by atoms with Gasteiger partial charge in [-0.25, -0.2) is 0 Å². The Kier molecular flexibility index (Phi) is 3.85. The molecule has 2 saturated heterocycles. The molecule has 0 aromatic rings. The number of hydrogen-bond acceptors (Lipinski definition) is 4. The Morgan fingerprint density at radius 2 is 1.62 bits per heavy atom. The van der Waals surface area contributed by atoms with Crippen LogP contribution >= 0.6 is 0 Å². The third-order valence-electron chi connectivity index (χ3n) is 3.86. The zero-order valence-electron chi connectivity index (χ0n) is 10.7. The zero-order chi connectivity index (χ0) is 11.6. The standard InChI is InChI=1S/C12H25N3O/c1-12(16)3-4-15(11-12)10-9-14-7-5-13(2)6-8-14/h16H,3-11H2,1-2H3. The van der Waals surface area contributed by atoms with Crippen LogP contribution in [0, 0.1) is 0 Å². The maximum atomic E-state index is 9.87. The van der Waals surface area contributed by atoms with E-state index in [1.165, 1.54) is 26.2 Å². The van der Waals surface area contributed by atoms with Gasteiger partial charge in [0.2, 0.25) is 0 Å². The Bertz CT molecular complexity index is 224. The van der Waals surface area contributed by atoms with Crippen molar-refractivity contribution >= 4 is 0 Å². The van der Waals surface area contributed by atoms with Gasteiger partial charge in [0.15, 0.2) is 0 Å². The average molecular weight is 227 g/mol. The van der Waals surface area contributed by atoms with Crippen molar-refractivity contribution < 1.29 is 5.11 Å². The third-order valence-corrected chi connectivity index (χ3v) is 3.86. The number of nitrogens with zero attached hydrogens (tertiary/aromatic N) is 3. The van der Waals surface area contributed by atoms with Gasteiger partial charge in [-0.05, 0) is 20.4 Å². The van der Waals surface area contributed by atoms with E-state index in [2.05, 4.69) is 21.7 Å². The van der Waals surface area contributed by atoms with E-state index in [4.69, 9.17) is 0 Å². The molecule has 1 unspecified atom stereocenters. The molecule has 94 valence electrons. The summed E-state index contributed by atoms with van der Waals surface area (Å²) < 4.78 is 0. The lowest BCUT2D eigenvalue weighted by molar-refractivity contribution is 0.0658. The number of piperazine rings is 1. The van der Waals surface area contributed by atoms with Crippen LogP contribution in [0.5, 0.6) is 0 Å². The monoisotopic (exact) mass is 227 g/mol. The van der Waals surface area contributed by atoms with Crippen LogP contribution in [0.15, 0.2) is 0 Å². The van der Waals surface area contributed by atoms with E-state index in [0.29, 0.717) is 0 Å². The summed E-state index contributed by atoms with van der Waals surface area (Å²) in [4.78, 5) is 7.31. The molecule has 2 aliphatic rings. The first kappa shape index (κ1) is 12.3. The second kappa shape index (κ2) is 5.00. The van der Waals surface area contributed by atoms with E-state index in [0.717, 1.165) is 32.6 Å². The maximum absolute atomic E-state index is 9.87. The minimum absolute atomic E-state index is 0.442. The second-order valence-electron chi connectivity index (χ2n) is 5.67. The molecule has 4 heteroatoms. The van der Waals surface area contributed by atoms with E-state index in [1.54, 1.807) is 0 Å². The summed E-state index contributed by atoms with van der Waals surface area (Å²) in [5.41, 5.74) is -0.442. The number of likely N-dealkylation sites (N-methyl/N-ethyl adjacent to an activating group) is 1. The molecule has 2 heterocycles. The van der Waals surface area contributed by atoms with E-state index in [9.17, 15) is 5.11 Å².